The van der Waals surface area contributed by atoms with Crippen molar-refractivity contribution in [2.75, 3.05) is 13.1 Å². The highest BCUT2D eigenvalue weighted by Crippen LogP contribution is 2.33. The molecule has 0 aromatic rings. The van der Waals surface area contributed by atoms with Crippen LogP contribution in [-0.4, -0.2) is 47.3 Å². The first-order chi connectivity index (χ1) is 9.43. The highest BCUT2D eigenvalue weighted by Gasteiger charge is 2.43. The van der Waals surface area contributed by atoms with Crippen LogP contribution in [0.4, 0.5) is 18.0 Å². The predicted octanol–water partition coefficient (Wildman–Crippen LogP) is 2.47. The molecule has 0 bridgehead atoms. The lowest BCUT2D eigenvalue weighted by Gasteiger charge is -2.36. The van der Waals surface area contributed by atoms with Crippen molar-refractivity contribution in [2.45, 2.75) is 45.8 Å². The Morgan fingerprint density at radius 2 is 1.86 bits per heavy atom. The second-order valence-corrected chi connectivity index (χ2v) is 6.41. The molecule has 0 saturated carbocycles. The number of hydrogen-bond donors (Lipinski definition) is 2. The molecule has 1 unspecified atom stereocenters. The molecule has 0 radical (unpaired) electrons. The number of carbonyl (C=O) groups is 2. The van der Waals surface area contributed by atoms with E-state index in [9.17, 15) is 22.8 Å². The van der Waals surface area contributed by atoms with Crippen LogP contribution in [-0.2, 0) is 4.79 Å². The Morgan fingerprint density at radius 3 is 2.29 bits per heavy atom. The van der Waals surface area contributed by atoms with Crippen molar-refractivity contribution >= 4 is 12.0 Å². The van der Waals surface area contributed by atoms with Gasteiger partial charge in [0.2, 0.25) is 0 Å². The fourth-order valence-electron chi connectivity index (χ4n) is 2.29. The van der Waals surface area contributed by atoms with Gasteiger partial charge in [-0.2, -0.15) is 13.2 Å². The summed E-state index contributed by atoms with van der Waals surface area (Å²) in [5.74, 6) is -2.75. The molecule has 1 heterocycles. The van der Waals surface area contributed by atoms with E-state index >= 15 is 0 Å². The maximum absolute atomic E-state index is 12.7. The topological polar surface area (TPSA) is 69.6 Å². The van der Waals surface area contributed by atoms with E-state index in [-0.39, 0.29) is 19.4 Å². The van der Waals surface area contributed by atoms with Crippen LogP contribution in [0, 0.1) is 11.3 Å². The molecule has 2 atom stereocenters. The number of hydrogen-bond acceptors (Lipinski definition) is 2. The van der Waals surface area contributed by atoms with Gasteiger partial charge in [-0.25, -0.2) is 9.59 Å². The number of nitrogens with zero attached hydrogens (tertiary/aromatic N) is 1. The molecule has 1 saturated heterocycles. The average molecular weight is 310 g/mol. The summed E-state index contributed by atoms with van der Waals surface area (Å²) in [5.41, 5.74) is -0.735. The molecule has 21 heavy (non-hydrogen) atoms. The van der Waals surface area contributed by atoms with Gasteiger partial charge < -0.3 is 15.3 Å². The lowest BCUT2D eigenvalue weighted by Crippen LogP contribution is -2.55. The number of amides is 2. The first-order valence-electron chi connectivity index (χ1n) is 6.78. The molecule has 1 fully saturated rings. The second-order valence-electron chi connectivity index (χ2n) is 6.41. The zero-order valence-corrected chi connectivity index (χ0v) is 12.3. The summed E-state index contributed by atoms with van der Waals surface area (Å²) in [7, 11) is 0. The summed E-state index contributed by atoms with van der Waals surface area (Å²) in [6, 6.07) is -1.91. The number of nitrogens with one attached hydrogen (secondary N) is 1. The Balaban J connectivity index is 2.72. The fraction of sp³-hybridized carbons (Fsp3) is 0.846. The largest absolute Gasteiger partial charge is 0.480 e. The number of urea groups is 1. The predicted molar refractivity (Wildman–Crippen MR) is 69.8 cm³/mol. The van der Waals surface area contributed by atoms with Crippen molar-refractivity contribution < 1.29 is 27.9 Å². The smallest absolute Gasteiger partial charge is 0.393 e. The molecular weight excluding hydrogens is 289 g/mol. The third-order valence-corrected chi connectivity index (χ3v) is 3.55. The molecule has 0 spiro atoms. The minimum absolute atomic E-state index is 0.00505. The van der Waals surface area contributed by atoms with Crippen molar-refractivity contribution in [2.24, 2.45) is 11.3 Å². The third kappa shape index (κ3) is 4.78. The summed E-state index contributed by atoms with van der Waals surface area (Å²) in [4.78, 5) is 24.2. The van der Waals surface area contributed by atoms with E-state index in [4.69, 9.17) is 5.11 Å². The van der Waals surface area contributed by atoms with E-state index in [1.165, 1.54) is 0 Å². The third-order valence-electron chi connectivity index (χ3n) is 3.55. The van der Waals surface area contributed by atoms with Gasteiger partial charge in [-0.1, -0.05) is 20.8 Å². The van der Waals surface area contributed by atoms with E-state index in [0.717, 1.165) is 4.90 Å². The quantitative estimate of drug-likeness (QED) is 0.823. The summed E-state index contributed by atoms with van der Waals surface area (Å²) < 4.78 is 38.1. The van der Waals surface area contributed by atoms with Gasteiger partial charge in [-0.05, 0) is 18.3 Å². The van der Waals surface area contributed by atoms with Crippen LogP contribution in [0.3, 0.4) is 0 Å². The number of rotatable bonds is 2. The molecule has 1 rings (SSSR count). The molecule has 1 aliphatic rings. The number of aliphatic carboxylic acids is 1. The van der Waals surface area contributed by atoms with E-state index in [1.54, 1.807) is 20.8 Å². The number of carboxylic acid groups (broad SMARTS) is 1. The summed E-state index contributed by atoms with van der Waals surface area (Å²) in [5, 5.41) is 11.4. The monoisotopic (exact) mass is 310 g/mol. The number of halogens is 3. The van der Waals surface area contributed by atoms with E-state index in [0.29, 0.717) is 0 Å². The second kappa shape index (κ2) is 6.11. The molecule has 2 N–H and O–H groups in total. The van der Waals surface area contributed by atoms with Crippen molar-refractivity contribution in [3.05, 3.63) is 0 Å². The van der Waals surface area contributed by atoms with Crippen LogP contribution >= 0.6 is 0 Å². The molecular formula is C13H21F3N2O3. The molecule has 0 aromatic heterocycles. The summed E-state index contributed by atoms with van der Waals surface area (Å²) in [6.07, 6.45) is -4.09. The van der Waals surface area contributed by atoms with E-state index in [1.807, 2.05) is 0 Å². The summed E-state index contributed by atoms with van der Waals surface area (Å²) in [6.45, 7) is 4.70. The lowest BCUT2D eigenvalue weighted by molar-refractivity contribution is -0.184. The van der Waals surface area contributed by atoms with Crippen molar-refractivity contribution in [3.63, 3.8) is 0 Å². The number of piperidine rings is 1. The van der Waals surface area contributed by atoms with Gasteiger partial charge in [-0.15, -0.1) is 0 Å². The van der Waals surface area contributed by atoms with Crippen LogP contribution in [0.2, 0.25) is 0 Å². The van der Waals surface area contributed by atoms with Crippen molar-refractivity contribution in [1.82, 2.24) is 10.2 Å². The van der Waals surface area contributed by atoms with Crippen LogP contribution in [0.25, 0.3) is 0 Å². The minimum Gasteiger partial charge on any atom is -0.480 e. The number of likely N-dealkylation sites (tertiary alicyclic amines) is 1. The van der Waals surface area contributed by atoms with Gasteiger partial charge in [0.25, 0.3) is 0 Å². The molecule has 5 nitrogen and oxygen atoms in total. The molecule has 8 heteroatoms. The standard InChI is InChI=1S/C13H21F3N2O3/c1-12(2,3)9(10(19)20)17-11(21)18-6-4-5-8(7-18)13(14,15)16/h8-9H,4-7H2,1-3H3,(H,17,21)(H,19,20)/t8?,9-/m0/s1. The first kappa shape index (κ1) is 17.6. The molecule has 2 amide bonds. The van der Waals surface area contributed by atoms with Crippen LogP contribution in [0.15, 0.2) is 0 Å². The molecule has 1 aliphatic heterocycles. The first-order valence-corrected chi connectivity index (χ1v) is 6.78. The van der Waals surface area contributed by atoms with E-state index in [2.05, 4.69) is 5.32 Å². The molecule has 0 aliphatic carbocycles. The van der Waals surface area contributed by atoms with Crippen molar-refractivity contribution in [1.29, 1.82) is 0 Å². The maximum atomic E-state index is 12.7. The highest BCUT2D eigenvalue weighted by molar-refractivity contribution is 5.83. The Morgan fingerprint density at radius 1 is 1.29 bits per heavy atom. The van der Waals surface area contributed by atoms with Gasteiger partial charge in [0.05, 0.1) is 5.92 Å². The zero-order chi connectivity index (χ0) is 16.4. The van der Waals surface area contributed by atoms with Crippen LogP contribution in [0.5, 0.6) is 0 Å². The van der Waals surface area contributed by atoms with Gasteiger partial charge in [0.1, 0.15) is 6.04 Å². The Kier molecular flexibility index (Phi) is 5.11. The number of carbonyl (C=O) groups excluding carboxylic acids is 1. The summed E-state index contributed by atoms with van der Waals surface area (Å²) >= 11 is 0. The fourth-order valence-corrected chi connectivity index (χ4v) is 2.29. The molecule has 122 valence electrons. The lowest BCUT2D eigenvalue weighted by atomic mass is 9.87. The van der Waals surface area contributed by atoms with Crippen LogP contribution in [0.1, 0.15) is 33.6 Å². The normalized spacial score (nSPS) is 21.8. The SMILES string of the molecule is CC(C)(C)[C@@H](NC(=O)N1CCCC(C(F)(F)F)C1)C(=O)O. The average Bonchev–Trinajstić information content (AvgIpc) is 2.33. The zero-order valence-electron chi connectivity index (χ0n) is 12.3. The number of alkyl halides is 3. The Labute approximate surface area is 121 Å². The van der Waals surface area contributed by atoms with Gasteiger partial charge in [-0.3, -0.25) is 0 Å². The Hall–Kier alpha value is -1.47. The van der Waals surface area contributed by atoms with Gasteiger partial charge in [0, 0.05) is 13.1 Å². The number of carboxylic acids is 1. The van der Waals surface area contributed by atoms with Gasteiger partial charge in [0.15, 0.2) is 0 Å². The van der Waals surface area contributed by atoms with Crippen molar-refractivity contribution in [3.8, 4) is 0 Å². The minimum atomic E-state index is -4.34. The Bertz CT molecular complexity index is 404. The van der Waals surface area contributed by atoms with Gasteiger partial charge >= 0.3 is 18.2 Å². The maximum Gasteiger partial charge on any atom is 0.393 e. The van der Waals surface area contributed by atoms with E-state index < -0.39 is 42.1 Å². The highest BCUT2D eigenvalue weighted by atomic mass is 19.4. The molecule has 0 aromatic carbocycles. The van der Waals surface area contributed by atoms with Crippen LogP contribution < -0.4 is 5.32 Å².